The zero-order valence-corrected chi connectivity index (χ0v) is 12.1. The lowest BCUT2D eigenvalue weighted by atomic mass is 9.87. The highest BCUT2D eigenvalue weighted by Gasteiger charge is 2.30. The molecule has 1 amide bonds. The van der Waals surface area contributed by atoms with Gasteiger partial charge in [0, 0.05) is 23.9 Å². The van der Waals surface area contributed by atoms with Crippen LogP contribution in [0.4, 0.5) is 5.82 Å². The van der Waals surface area contributed by atoms with Crippen LogP contribution in [0.5, 0.6) is 0 Å². The van der Waals surface area contributed by atoms with E-state index in [1.54, 1.807) is 0 Å². The number of benzene rings is 1. The van der Waals surface area contributed by atoms with Crippen molar-refractivity contribution in [2.75, 3.05) is 5.32 Å². The number of anilines is 1. The van der Waals surface area contributed by atoms with Gasteiger partial charge in [0.05, 0.1) is 6.20 Å². The Kier molecular flexibility index (Phi) is 3.08. The number of nitrogens with one attached hydrogen (secondary N) is 1. The minimum Gasteiger partial charge on any atom is -0.311 e. The molecule has 1 N–H and O–H groups in total. The Morgan fingerprint density at radius 1 is 1.30 bits per heavy atom. The topological polar surface area (TPSA) is 46.9 Å². The van der Waals surface area contributed by atoms with E-state index in [4.69, 9.17) is 0 Å². The summed E-state index contributed by atoms with van der Waals surface area (Å²) in [7, 11) is 0. The number of hydrogen-bond donors (Lipinski definition) is 1. The van der Waals surface area contributed by atoms with Crippen molar-refractivity contribution in [3.8, 4) is 0 Å². The quantitative estimate of drug-likeness (QED) is 0.909. The molecule has 1 unspecified atom stereocenters. The zero-order chi connectivity index (χ0) is 14.3. The maximum Gasteiger partial charge on any atom is 0.226 e. The summed E-state index contributed by atoms with van der Waals surface area (Å²) < 4.78 is 1.88. The van der Waals surface area contributed by atoms with Gasteiger partial charge in [-0.1, -0.05) is 29.8 Å². The molecule has 0 spiro atoms. The Bertz CT molecular complexity index is 640. The number of rotatable bonds is 2. The molecule has 0 bridgehead atoms. The molecule has 1 atom stereocenters. The minimum absolute atomic E-state index is 0.0606. The normalized spacial score (nSPS) is 18.0. The van der Waals surface area contributed by atoms with E-state index in [1.807, 2.05) is 10.9 Å². The molecule has 1 aromatic heterocycles. The Labute approximate surface area is 118 Å². The van der Waals surface area contributed by atoms with E-state index in [0.29, 0.717) is 6.42 Å². The fraction of sp³-hybridized carbons (Fsp3) is 0.375. The maximum atomic E-state index is 12.0. The summed E-state index contributed by atoms with van der Waals surface area (Å²) in [6.45, 7) is 6.20. The standard InChI is InChI=1S/C16H19N3O/c1-10(2)19-16-14(9-17-19)13(8-15(20)18-16)12-6-4-11(3)5-7-12/h4-7,9-10,13H,8H2,1-3H3,(H,18,20). The fourth-order valence-electron chi connectivity index (χ4n) is 2.73. The maximum absolute atomic E-state index is 12.0. The van der Waals surface area contributed by atoms with Gasteiger partial charge >= 0.3 is 0 Å². The average Bonchev–Trinajstić information content (AvgIpc) is 2.82. The van der Waals surface area contributed by atoms with Crippen LogP contribution in [0.25, 0.3) is 0 Å². The van der Waals surface area contributed by atoms with Crippen LogP contribution < -0.4 is 5.32 Å². The predicted molar refractivity (Wildman–Crippen MR) is 78.9 cm³/mol. The molecule has 4 nitrogen and oxygen atoms in total. The molecule has 2 heterocycles. The molecule has 104 valence electrons. The second-order valence-corrected chi connectivity index (χ2v) is 5.70. The van der Waals surface area contributed by atoms with Crippen LogP contribution in [0.1, 0.15) is 48.9 Å². The molecule has 0 radical (unpaired) electrons. The van der Waals surface area contributed by atoms with E-state index in [0.717, 1.165) is 11.4 Å². The van der Waals surface area contributed by atoms with Crippen molar-refractivity contribution in [2.24, 2.45) is 0 Å². The second-order valence-electron chi connectivity index (χ2n) is 5.70. The molecular weight excluding hydrogens is 250 g/mol. The van der Waals surface area contributed by atoms with Crippen molar-refractivity contribution >= 4 is 11.7 Å². The van der Waals surface area contributed by atoms with Gasteiger partial charge in [-0.25, -0.2) is 4.68 Å². The number of carbonyl (C=O) groups excluding carboxylic acids is 1. The third kappa shape index (κ3) is 2.11. The minimum atomic E-state index is 0.0606. The fourth-order valence-corrected chi connectivity index (χ4v) is 2.73. The molecule has 2 aromatic rings. The largest absolute Gasteiger partial charge is 0.311 e. The van der Waals surface area contributed by atoms with Crippen LogP contribution in [0, 0.1) is 6.92 Å². The first-order valence-corrected chi connectivity index (χ1v) is 7.00. The van der Waals surface area contributed by atoms with Gasteiger partial charge < -0.3 is 5.32 Å². The summed E-state index contributed by atoms with van der Waals surface area (Å²) in [6.07, 6.45) is 2.37. The van der Waals surface area contributed by atoms with Crippen molar-refractivity contribution in [1.82, 2.24) is 9.78 Å². The van der Waals surface area contributed by atoms with Crippen molar-refractivity contribution in [3.05, 3.63) is 47.2 Å². The second kappa shape index (κ2) is 4.78. The van der Waals surface area contributed by atoms with E-state index in [1.165, 1.54) is 11.1 Å². The molecule has 20 heavy (non-hydrogen) atoms. The number of aryl methyl sites for hydroxylation is 1. The van der Waals surface area contributed by atoms with E-state index >= 15 is 0 Å². The van der Waals surface area contributed by atoms with E-state index < -0.39 is 0 Å². The van der Waals surface area contributed by atoms with Crippen LogP contribution in [0.2, 0.25) is 0 Å². The van der Waals surface area contributed by atoms with Gasteiger partial charge in [0.25, 0.3) is 0 Å². The van der Waals surface area contributed by atoms with Gasteiger partial charge in [-0.2, -0.15) is 5.10 Å². The van der Waals surface area contributed by atoms with E-state index in [9.17, 15) is 4.79 Å². The summed E-state index contributed by atoms with van der Waals surface area (Å²) >= 11 is 0. The smallest absolute Gasteiger partial charge is 0.226 e. The van der Waals surface area contributed by atoms with Crippen LogP contribution in [0.3, 0.4) is 0 Å². The summed E-state index contributed by atoms with van der Waals surface area (Å²) in [5, 5.41) is 7.39. The first-order valence-electron chi connectivity index (χ1n) is 7.00. The molecule has 3 rings (SSSR count). The van der Waals surface area contributed by atoms with Crippen LogP contribution in [-0.2, 0) is 4.79 Å². The van der Waals surface area contributed by atoms with Gasteiger partial charge in [0.1, 0.15) is 5.82 Å². The average molecular weight is 269 g/mol. The molecular formula is C16H19N3O. The van der Waals surface area contributed by atoms with Gasteiger partial charge in [0.2, 0.25) is 5.91 Å². The number of hydrogen-bond acceptors (Lipinski definition) is 2. The predicted octanol–water partition coefficient (Wildman–Crippen LogP) is 3.25. The molecule has 4 heteroatoms. The monoisotopic (exact) mass is 269 g/mol. The summed E-state index contributed by atoms with van der Waals surface area (Å²) in [6, 6.07) is 8.63. The van der Waals surface area contributed by atoms with E-state index in [-0.39, 0.29) is 17.9 Å². The SMILES string of the molecule is Cc1ccc(C2CC(=O)Nc3c2cnn3C(C)C)cc1. The number of amides is 1. The summed E-state index contributed by atoms with van der Waals surface area (Å²) in [5.41, 5.74) is 3.52. The summed E-state index contributed by atoms with van der Waals surface area (Å²) in [4.78, 5) is 12.0. The number of nitrogens with zero attached hydrogens (tertiary/aromatic N) is 2. The van der Waals surface area contributed by atoms with Crippen LogP contribution in [-0.4, -0.2) is 15.7 Å². The highest BCUT2D eigenvalue weighted by molar-refractivity contribution is 5.94. The Balaban J connectivity index is 2.06. The lowest BCUT2D eigenvalue weighted by Gasteiger charge is -2.24. The van der Waals surface area contributed by atoms with Crippen molar-refractivity contribution in [2.45, 2.75) is 39.2 Å². The Morgan fingerprint density at radius 3 is 2.65 bits per heavy atom. The third-order valence-electron chi connectivity index (χ3n) is 3.82. The van der Waals surface area contributed by atoms with Gasteiger partial charge in [-0.3, -0.25) is 4.79 Å². The van der Waals surface area contributed by atoms with Crippen molar-refractivity contribution in [3.63, 3.8) is 0 Å². The third-order valence-corrected chi connectivity index (χ3v) is 3.82. The molecule has 0 saturated heterocycles. The molecule has 0 aliphatic carbocycles. The number of aromatic nitrogens is 2. The highest BCUT2D eigenvalue weighted by atomic mass is 16.1. The molecule has 0 saturated carbocycles. The highest BCUT2D eigenvalue weighted by Crippen LogP contribution is 2.37. The van der Waals surface area contributed by atoms with Crippen molar-refractivity contribution < 1.29 is 4.79 Å². The summed E-state index contributed by atoms with van der Waals surface area (Å²) in [5.74, 6) is 1.01. The number of fused-ring (bicyclic) bond motifs is 1. The first-order chi connectivity index (χ1) is 9.56. The van der Waals surface area contributed by atoms with Gasteiger partial charge in [-0.05, 0) is 26.3 Å². The molecule has 1 aromatic carbocycles. The van der Waals surface area contributed by atoms with Gasteiger partial charge in [0.15, 0.2) is 0 Å². The Morgan fingerprint density at radius 2 is 2.00 bits per heavy atom. The van der Waals surface area contributed by atoms with Gasteiger partial charge in [-0.15, -0.1) is 0 Å². The first kappa shape index (κ1) is 12.9. The number of carbonyl (C=O) groups is 1. The van der Waals surface area contributed by atoms with E-state index in [2.05, 4.69) is 55.5 Å². The lowest BCUT2D eigenvalue weighted by Crippen LogP contribution is -2.25. The van der Waals surface area contributed by atoms with Crippen LogP contribution in [0.15, 0.2) is 30.5 Å². The molecule has 1 aliphatic heterocycles. The Hall–Kier alpha value is -2.10. The van der Waals surface area contributed by atoms with Crippen LogP contribution >= 0.6 is 0 Å². The lowest BCUT2D eigenvalue weighted by molar-refractivity contribution is -0.116. The van der Waals surface area contributed by atoms with Crippen molar-refractivity contribution in [1.29, 1.82) is 0 Å². The zero-order valence-electron chi connectivity index (χ0n) is 12.1. The molecule has 0 fully saturated rings. The molecule has 1 aliphatic rings.